The number of carbonyl (C=O) groups is 1. The fourth-order valence-corrected chi connectivity index (χ4v) is 2.55. The van der Waals surface area contributed by atoms with Gasteiger partial charge < -0.3 is 15.0 Å². The quantitative estimate of drug-likeness (QED) is 0.719. The van der Waals surface area contributed by atoms with Crippen LogP contribution in [0.3, 0.4) is 0 Å². The summed E-state index contributed by atoms with van der Waals surface area (Å²) in [5.74, 6) is 0.247. The fraction of sp³-hybridized carbons (Fsp3) is 0.909. The van der Waals surface area contributed by atoms with Crippen molar-refractivity contribution in [1.29, 1.82) is 0 Å². The molecule has 1 N–H and O–H groups in total. The van der Waals surface area contributed by atoms with Gasteiger partial charge in [0.15, 0.2) is 0 Å². The van der Waals surface area contributed by atoms with Crippen molar-refractivity contribution in [1.82, 2.24) is 10.2 Å². The molecule has 0 saturated carbocycles. The third kappa shape index (κ3) is 1.88. The van der Waals surface area contributed by atoms with E-state index in [4.69, 9.17) is 4.74 Å². The Hall–Kier alpha value is -0.610. The Labute approximate surface area is 91.0 Å². The fourth-order valence-electron chi connectivity index (χ4n) is 2.55. The number of ether oxygens (including phenoxy) is 1. The predicted molar refractivity (Wildman–Crippen MR) is 57.6 cm³/mol. The van der Waals surface area contributed by atoms with Crippen LogP contribution in [0, 0.1) is 0 Å². The zero-order valence-corrected chi connectivity index (χ0v) is 9.58. The molecule has 2 aliphatic heterocycles. The first-order valence-corrected chi connectivity index (χ1v) is 5.74. The lowest BCUT2D eigenvalue weighted by molar-refractivity contribution is -0.142. The molecule has 2 aliphatic rings. The first-order valence-electron chi connectivity index (χ1n) is 5.74. The average Bonchev–Trinajstić information content (AvgIpc) is 2.66. The van der Waals surface area contributed by atoms with Crippen molar-refractivity contribution in [2.24, 2.45) is 0 Å². The van der Waals surface area contributed by atoms with E-state index in [-0.39, 0.29) is 17.5 Å². The number of piperidine rings is 1. The van der Waals surface area contributed by atoms with Crippen molar-refractivity contribution in [3.63, 3.8) is 0 Å². The molecule has 2 unspecified atom stereocenters. The number of nitrogens with zero attached hydrogens (tertiary/aromatic N) is 1. The number of amides is 1. The number of rotatable bonds is 2. The topological polar surface area (TPSA) is 41.6 Å². The van der Waals surface area contributed by atoms with E-state index < -0.39 is 0 Å². The van der Waals surface area contributed by atoms with E-state index >= 15 is 0 Å². The van der Waals surface area contributed by atoms with E-state index in [1.807, 2.05) is 11.9 Å². The van der Waals surface area contributed by atoms with E-state index in [0.717, 1.165) is 32.4 Å². The van der Waals surface area contributed by atoms with Gasteiger partial charge in [-0.05, 0) is 33.2 Å². The minimum absolute atomic E-state index is 0.0103. The number of hydrogen-bond acceptors (Lipinski definition) is 3. The van der Waals surface area contributed by atoms with Gasteiger partial charge >= 0.3 is 0 Å². The Balaban J connectivity index is 2.10. The molecule has 2 saturated heterocycles. The van der Waals surface area contributed by atoms with Crippen molar-refractivity contribution >= 4 is 5.91 Å². The molecule has 2 heterocycles. The van der Waals surface area contributed by atoms with Crippen LogP contribution in [0.1, 0.15) is 26.2 Å². The Bertz CT molecular complexity index is 249. The maximum absolute atomic E-state index is 12.2. The second kappa shape index (κ2) is 4.10. The summed E-state index contributed by atoms with van der Waals surface area (Å²) in [5.41, 5.74) is -0.0629. The average molecular weight is 212 g/mol. The summed E-state index contributed by atoms with van der Waals surface area (Å²) in [7, 11) is 1.86. The molecular weight excluding hydrogens is 192 g/mol. The van der Waals surface area contributed by atoms with Crippen LogP contribution in [0.5, 0.6) is 0 Å². The van der Waals surface area contributed by atoms with Gasteiger partial charge in [-0.15, -0.1) is 0 Å². The molecule has 0 aromatic heterocycles. The molecule has 0 radical (unpaired) electrons. The van der Waals surface area contributed by atoms with Gasteiger partial charge in [0.1, 0.15) is 0 Å². The van der Waals surface area contributed by atoms with Gasteiger partial charge in [-0.3, -0.25) is 4.79 Å². The summed E-state index contributed by atoms with van der Waals surface area (Å²) in [6, 6.07) is 0.0103. The number of likely N-dealkylation sites (N-methyl/N-ethyl adjacent to an activating group) is 1. The molecule has 1 amide bonds. The van der Waals surface area contributed by atoms with Crippen molar-refractivity contribution in [3.8, 4) is 0 Å². The number of hydrogen-bond donors (Lipinski definition) is 1. The maximum atomic E-state index is 12.2. The molecule has 4 heteroatoms. The second-order valence-electron chi connectivity index (χ2n) is 4.77. The summed E-state index contributed by atoms with van der Waals surface area (Å²) in [6.07, 6.45) is 3.02. The highest BCUT2D eigenvalue weighted by Gasteiger charge is 2.42. The Morgan fingerprint density at radius 2 is 2.40 bits per heavy atom. The largest absolute Gasteiger partial charge is 0.379 e. The van der Waals surface area contributed by atoms with Gasteiger partial charge in [-0.25, -0.2) is 0 Å². The van der Waals surface area contributed by atoms with Crippen LogP contribution < -0.4 is 5.32 Å². The Morgan fingerprint density at radius 1 is 1.60 bits per heavy atom. The SMILES string of the molecule is CNC1CCCN(C2(C)CCOC2)C1=O. The Kier molecular flexibility index (Phi) is 2.98. The normalized spacial score (nSPS) is 37.3. The van der Waals surface area contributed by atoms with Gasteiger partial charge in [0.05, 0.1) is 18.2 Å². The molecule has 15 heavy (non-hydrogen) atoms. The highest BCUT2D eigenvalue weighted by atomic mass is 16.5. The third-order valence-electron chi connectivity index (χ3n) is 3.64. The molecule has 0 aromatic carbocycles. The van der Waals surface area contributed by atoms with Crippen molar-refractivity contribution in [2.75, 3.05) is 26.8 Å². The van der Waals surface area contributed by atoms with Crippen LogP contribution in [0.25, 0.3) is 0 Å². The van der Waals surface area contributed by atoms with Crippen molar-refractivity contribution < 1.29 is 9.53 Å². The molecule has 86 valence electrons. The van der Waals surface area contributed by atoms with Gasteiger partial charge in [-0.1, -0.05) is 0 Å². The summed E-state index contributed by atoms with van der Waals surface area (Å²) in [6.45, 7) is 4.49. The van der Waals surface area contributed by atoms with Gasteiger partial charge in [0.25, 0.3) is 0 Å². The van der Waals surface area contributed by atoms with Crippen LogP contribution >= 0.6 is 0 Å². The number of carbonyl (C=O) groups excluding carboxylic acids is 1. The first-order chi connectivity index (χ1) is 7.17. The first kappa shape index (κ1) is 10.9. The van der Waals surface area contributed by atoms with Gasteiger partial charge in [-0.2, -0.15) is 0 Å². The minimum atomic E-state index is -0.0629. The lowest BCUT2D eigenvalue weighted by Gasteiger charge is -2.42. The smallest absolute Gasteiger partial charge is 0.240 e. The molecule has 4 nitrogen and oxygen atoms in total. The Morgan fingerprint density at radius 3 is 3.00 bits per heavy atom. The summed E-state index contributed by atoms with van der Waals surface area (Å²) >= 11 is 0. The number of nitrogens with one attached hydrogen (secondary N) is 1. The molecular formula is C11H20N2O2. The zero-order chi connectivity index (χ0) is 10.9. The van der Waals surface area contributed by atoms with Crippen LogP contribution in [0.2, 0.25) is 0 Å². The molecule has 0 aliphatic carbocycles. The van der Waals surface area contributed by atoms with E-state index in [1.54, 1.807) is 0 Å². The highest BCUT2D eigenvalue weighted by Crippen LogP contribution is 2.29. The summed E-state index contributed by atoms with van der Waals surface area (Å²) in [4.78, 5) is 14.2. The highest BCUT2D eigenvalue weighted by molar-refractivity contribution is 5.83. The molecule has 0 spiro atoms. The molecule has 0 bridgehead atoms. The van der Waals surface area contributed by atoms with Crippen LogP contribution in [-0.4, -0.2) is 49.2 Å². The van der Waals surface area contributed by atoms with Gasteiger partial charge in [0, 0.05) is 13.2 Å². The standard InChI is InChI=1S/C11H20N2O2/c1-11(5-7-15-8-11)13-6-3-4-9(12-2)10(13)14/h9,12H,3-8H2,1-2H3. The minimum Gasteiger partial charge on any atom is -0.379 e. The van der Waals surface area contributed by atoms with E-state index in [0.29, 0.717) is 6.61 Å². The zero-order valence-electron chi connectivity index (χ0n) is 9.58. The van der Waals surface area contributed by atoms with E-state index in [1.165, 1.54) is 0 Å². The second-order valence-corrected chi connectivity index (χ2v) is 4.77. The molecule has 2 atom stereocenters. The lowest BCUT2D eigenvalue weighted by atomic mass is 9.93. The molecule has 0 aromatic rings. The van der Waals surface area contributed by atoms with Gasteiger partial charge in [0.2, 0.25) is 5.91 Å². The van der Waals surface area contributed by atoms with E-state index in [2.05, 4.69) is 12.2 Å². The summed E-state index contributed by atoms with van der Waals surface area (Å²) in [5, 5.41) is 3.09. The lowest BCUT2D eigenvalue weighted by Crippen LogP contribution is -2.58. The van der Waals surface area contributed by atoms with Crippen LogP contribution in [0.15, 0.2) is 0 Å². The van der Waals surface area contributed by atoms with Crippen LogP contribution in [0.4, 0.5) is 0 Å². The molecule has 2 rings (SSSR count). The maximum Gasteiger partial charge on any atom is 0.240 e. The molecule has 2 fully saturated rings. The van der Waals surface area contributed by atoms with Crippen LogP contribution in [-0.2, 0) is 9.53 Å². The summed E-state index contributed by atoms with van der Waals surface area (Å²) < 4.78 is 5.42. The van der Waals surface area contributed by atoms with Crippen molar-refractivity contribution in [3.05, 3.63) is 0 Å². The van der Waals surface area contributed by atoms with Crippen molar-refractivity contribution in [2.45, 2.75) is 37.8 Å². The van der Waals surface area contributed by atoms with E-state index in [9.17, 15) is 4.79 Å². The number of likely N-dealkylation sites (tertiary alicyclic amines) is 1. The predicted octanol–water partition coefficient (Wildman–Crippen LogP) is 0.376. The third-order valence-corrected chi connectivity index (χ3v) is 3.64. The monoisotopic (exact) mass is 212 g/mol.